The van der Waals surface area contributed by atoms with Crippen LogP contribution in [0.1, 0.15) is 37.9 Å². The number of hydrogen-bond acceptors (Lipinski definition) is 3. The van der Waals surface area contributed by atoms with Crippen molar-refractivity contribution >= 4 is 29.2 Å². The van der Waals surface area contributed by atoms with Gasteiger partial charge in [0.2, 0.25) is 0 Å². The Balaban J connectivity index is 1.88. The Morgan fingerprint density at radius 2 is 1.93 bits per heavy atom. The van der Waals surface area contributed by atoms with Crippen LogP contribution in [0.2, 0.25) is 10.0 Å². The molecule has 0 spiro atoms. The number of carbonyl (C=O) groups excluding carboxylic acids is 1. The van der Waals surface area contributed by atoms with E-state index in [9.17, 15) is 10.1 Å². The standard InChI is InChI=1S/C22H21Cl2N3O2/c1-22(2,3)20-17(11-25)19(26-21(28)27-20)13-5-4-6-16(9-13)29-12-14-7-8-15(23)10-18(14)24/h4-10,19H,12H2,1-3H3,(H2,26,27,28)/t19-/m0/s1. The van der Waals surface area contributed by atoms with E-state index in [2.05, 4.69) is 16.7 Å². The highest BCUT2D eigenvalue weighted by Gasteiger charge is 2.33. The van der Waals surface area contributed by atoms with Gasteiger partial charge in [0, 0.05) is 26.7 Å². The highest BCUT2D eigenvalue weighted by molar-refractivity contribution is 6.35. The average Bonchev–Trinajstić information content (AvgIpc) is 2.66. The second-order valence-electron chi connectivity index (χ2n) is 7.78. The first kappa shape index (κ1) is 21.0. The first-order chi connectivity index (χ1) is 13.7. The molecule has 0 aromatic heterocycles. The molecular weight excluding hydrogens is 409 g/mol. The van der Waals surface area contributed by atoms with Gasteiger partial charge in [-0.3, -0.25) is 0 Å². The zero-order valence-corrected chi connectivity index (χ0v) is 17.9. The zero-order valence-electron chi connectivity index (χ0n) is 16.3. The summed E-state index contributed by atoms with van der Waals surface area (Å²) in [4.78, 5) is 12.2. The Kier molecular flexibility index (Phi) is 6.07. The predicted molar refractivity (Wildman–Crippen MR) is 114 cm³/mol. The van der Waals surface area contributed by atoms with E-state index in [0.29, 0.717) is 27.1 Å². The highest BCUT2D eigenvalue weighted by Crippen LogP contribution is 2.35. The summed E-state index contributed by atoms with van der Waals surface area (Å²) in [6, 6.07) is 13.9. The maximum absolute atomic E-state index is 12.2. The summed E-state index contributed by atoms with van der Waals surface area (Å²) in [5.74, 6) is 0.607. The van der Waals surface area contributed by atoms with Crippen LogP contribution in [0.15, 0.2) is 53.7 Å². The second-order valence-corrected chi connectivity index (χ2v) is 8.62. The van der Waals surface area contributed by atoms with Crippen molar-refractivity contribution in [2.24, 2.45) is 5.41 Å². The van der Waals surface area contributed by atoms with E-state index in [1.54, 1.807) is 12.1 Å². The fourth-order valence-electron chi connectivity index (χ4n) is 3.11. The number of nitrogens with one attached hydrogen (secondary N) is 2. The molecule has 1 atom stereocenters. The normalized spacial score (nSPS) is 16.7. The monoisotopic (exact) mass is 429 g/mol. The minimum absolute atomic E-state index is 0.270. The lowest BCUT2D eigenvalue weighted by atomic mass is 9.84. The third-order valence-corrected chi connectivity index (χ3v) is 5.13. The van der Waals surface area contributed by atoms with Crippen molar-refractivity contribution in [2.75, 3.05) is 0 Å². The third kappa shape index (κ3) is 4.84. The van der Waals surface area contributed by atoms with Gasteiger partial charge in [0.05, 0.1) is 17.7 Å². The SMILES string of the molecule is CC(C)(C)C1=C(C#N)[C@H](c2cccc(OCc3ccc(Cl)cc3Cl)c2)NC(=O)N1. The van der Waals surface area contributed by atoms with Crippen LogP contribution < -0.4 is 15.4 Å². The molecule has 0 saturated heterocycles. The van der Waals surface area contributed by atoms with Gasteiger partial charge in [-0.25, -0.2) is 4.79 Å². The number of rotatable bonds is 4. The van der Waals surface area contributed by atoms with E-state index in [-0.39, 0.29) is 18.1 Å². The number of nitrogens with zero attached hydrogens (tertiary/aromatic N) is 1. The van der Waals surface area contributed by atoms with Crippen molar-refractivity contribution in [3.05, 3.63) is 74.9 Å². The lowest BCUT2D eigenvalue weighted by Crippen LogP contribution is -2.46. The molecule has 5 nitrogen and oxygen atoms in total. The van der Waals surface area contributed by atoms with E-state index < -0.39 is 6.04 Å². The first-order valence-corrected chi connectivity index (χ1v) is 9.83. The summed E-state index contributed by atoms with van der Waals surface area (Å²) < 4.78 is 5.88. The van der Waals surface area contributed by atoms with Crippen molar-refractivity contribution in [1.29, 1.82) is 5.26 Å². The number of halogens is 2. The maximum atomic E-state index is 12.2. The van der Waals surface area contributed by atoms with Crippen LogP contribution in [0, 0.1) is 16.7 Å². The van der Waals surface area contributed by atoms with Gasteiger partial charge >= 0.3 is 6.03 Å². The second kappa shape index (κ2) is 8.36. The maximum Gasteiger partial charge on any atom is 0.319 e. The number of hydrogen-bond donors (Lipinski definition) is 2. The van der Waals surface area contributed by atoms with Gasteiger partial charge in [-0.15, -0.1) is 0 Å². The number of amides is 2. The van der Waals surface area contributed by atoms with Crippen LogP contribution in [0.25, 0.3) is 0 Å². The molecule has 0 radical (unpaired) electrons. The summed E-state index contributed by atoms with van der Waals surface area (Å²) in [5.41, 5.74) is 2.30. The van der Waals surface area contributed by atoms with Gasteiger partial charge in [0.15, 0.2) is 0 Å². The van der Waals surface area contributed by atoms with Gasteiger partial charge < -0.3 is 15.4 Å². The minimum Gasteiger partial charge on any atom is -0.489 e. The van der Waals surface area contributed by atoms with Crippen molar-refractivity contribution in [3.63, 3.8) is 0 Å². The first-order valence-electron chi connectivity index (χ1n) is 9.08. The van der Waals surface area contributed by atoms with E-state index in [1.165, 1.54) is 0 Å². The molecule has 3 rings (SSSR count). The molecule has 0 aliphatic carbocycles. The Hall–Kier alpha value is -2.68. The molecule has 1 aliphatic rings. The number of ether oxygens (including phenoxy) is 1. The number of nitriles is 1. The highest BCUT2D eigenvalue weighted by atomic mass is 35.5. The molecule has 7 heteroatoms. The molecular formula is C22H21Cl2N3O2. The summed E-state index contributed by atoms with van der Waals surface area (Å²) in [5, 5.41) is 16.5. The van der Waals surface area contributed by atoms with Crippen molar-refractivity contribution in [3.8, 4) is 11.8 Å². The Morgan fingerprint density at radius 1 is 1.17 bits per heavy atom. The minimum atomic E-state index is -0.550. The molecule has 2 amide bonds. The molecule has 1 aliphatic heterocycles. The van der Waals surface area contributed by atoms with E-state index in [0.717, 1.165) is 11.1 Å². The number of allylic oxidation sites excluding steroid dienone is 1. The Bertz CT molecular complexity index is 1020. The van der Waals surface area contributed by atoms with Gasteiger partial charge in [-0.05, 0) is 29.8 Å². The summed E-state index contributed by atoms with van der Waals surface area (Å²) >= 11 is 12.1. The summed E-state index contributed by atoms with van der Waals surface area (Å²) in [7, 11) is 0. The van der Waals surface area contributed by atoms with Gasteiger partial charge in [0.1, 0.15) is 12.4 Å². The molecule has 2 aromatic carbocycles. The van der Waals surface area contributed by atoms with Crippen molar-refractivity contribution in [2.45, 2.75) is 33.4 Å². The van der Waals surface area contributed by atoms with Crippen LogP contribution in [0.4, 0.5) is 4.79 Å². The molecule has 0 fully saturated rings. The fourth-order valence-corrected chi connectivity index (χ4v) is 3.57. The van der Waals surface area contributed by atoms with Crippen LogP contribution in [0.3, 0.4) is 0 Å². The van der Waals surface area contributed by atoms with Gasteiger partial charge in [0.25, 0.3) is 0 Å². The topological polar surface area (TPSA) is 74.1 Å². The van der Waals surface area contributed by atoms with Crippen LogP contribution in [0.5, 0.6) is 5.75 Å². The fraction of sp³-hybridized carbons (Fsp3) is 0.273. The lowest BCUT2D eigenvalue weighted by Gasteiger charge is -2.33. The predicted octanol–water partition coefficient (Wildman–Crippen LogP) is 5.75. The molecule has 2 N–H and O–H groups in total. The molecule has 0 saturated carbocycles. The molecule has 1 heterocycles. The number of benzene rings is 2. The average molecular weight is 430 g/mol. The zero-order chi connectivity index (χ0) is 21.2. The number of carbonyl (C=O) groups is 1. The van der Waals surface area contributed by atoms with Crippen molar-refractivity contribution in [1.82, 2.24) is 10.6 Å². The smallest absolute Gasteiger partial charge is 0.319 e. The molecule has 2 aromatic rings. The van der Waals surface area contributed by atoms with Crippen LogP contribution >= 0.6 is 23.2 Å². The Morgan fingerprint density at radius 3 is 2.59 bits per heavy atom. The summed E-state index contributed by atoms with van der Waals surface area (Å²) in [6.07, 6.45) is 0. The largest absolute Gasteiger partial charge is 0.489 e. The van der Waals surface area contributed by atoms with Gasteiger partial charge in [-0.1, -0.05) is 62.2 Å². The lowest BCUT2D eigenvalue weighted by molar-refractivity contribution is 0.235. The Labute approximate surface area is 180 Å². The van der Waals surface area contributed by atoms with Crippen molar-refractivity contribution < 1.29 is 9.53 Å². The molecule has 150 valence electrons. The van der Waals surface area contributed by atoms with E-state index in [4.69, 9.17) is 27.9 Å². The molecule has 29 heavy (non-hydrogen) atoms. The van der Waals surface area contributed by atoms with E-state index >= 15 is 0 Å². The van der Waals surface area contributed by atoms with Crippen LogP contribution in [-0.2, 0) is 6.61 Å². The quantitative estimate of drug-likeness (QED) is 0.649. The molecule has 0 unspecified atom stereocenters. The van der Waals surface area contributed by atoms with Gasteiger partial charge in [-0.2, -0.15) is 5.26 Å². The number of urea groups is 1. The van der Waals surface area contributed by atoms with E-state index in [1.807, 2.05) is 51.1 Å². The van der Waals surface area contributed by atoms with Crippen LogP contribution in [-0.4, -0.2) is 6.03 Å². The third-order valence-electron chi connectivity index (χ3n) is 4.54. The molecule has 0 bridgehead atoms. The summed E-state index contributed by atoms with van der Waals surface area (Å²) in [6.45, 7) is 6.14.